The molecule has 2 aromatic carbocycles. The summed E-state index contributed by atoms with van der Waals surface area (Å²) in [6.07, 6.45) is -0.0269. The molecule has 2 aromatic rings. The molecule has 0 saturated heterocycles. The average Bonchev–Trinajstić information content (AvgIpc) is 2.48. The Morgan fingerprint density at radius 2 is 1.77 bits per heavy atom. The van der Waals surface area contributed by atoms with E-state index in [0.717, 1.165) is 0 Å². The van der Waals surface area contributed by atoms with Crippen molar-refractivity contribution in [3.8, 4) is 16.9 Å². The van der Waals surface area contributed by atoms with Gasteiger partial charge in [0.05, 0.1) is 0 Å². The van der Waals surface area contributed by atoms with Gasteiger partial charge in [0.15, 0.2) is 11.6 Å². The van der Waals surface area contributed by atoms with Crippen molar-refractivity contribution in [2.75, 3.05) is 0 Å². The molecular weight excluding hydrogens is 293 g/mol. The lowest BCUT2D eigenvalue weighted by atomic mass is 9.97. The molecule has 22 heavy (non-hydrogen) atoms. The maximum absolute atomic E-state index is 14.6. The van der Waals surface area contributed by atoms with E-state index in [-0.39, 0.29) is 23.1 Å². The SMILES string of the molecule is CCC(=O)Oc1c(F)c(C)cc(-c2c(C)cccc2F)c1F. The number of ether oxygens (including phenoxy) is 1. The third-order valence-electron chi connectivity index (χ3n) is 3.34. The molecule has 0 unspecified atom stereocenters. The second-order valence-corrected chi connectivity index (χ2v) is 4.96. The topological polar surface area (TPSA) is 26.3 Å². The summed E-state index contributed by atoms with van der Waals surface area (Å²) in [6.45, 7) is 4.53. The van der Waals surface area contributed by atoms with Crippen LogP contribution in [0, 0.1) is 31.3 Å². The number of aryl methyl sites for hydroxylation is 2. The standard InChI is InChI=1S/C17H15F3O2/c1-4-13(21)22-17-15(19)10(3)8-11(16(17)20)14-9(2)6-5-7-12(14)18/h5-8H,4H2,1-3H3. The van der Waals surface area contributed by atoms with E-state index in [0.29, 0.717) is 5.56 Å². The van der Waals surface area contributed by atoms with Crippen molar-refractivity contribution in [2.24, 2.45) is 0 Å². The second kappa shape index (κ2) is 6.22. The highest BCUT2D eigenvalue weighted by molar-refractivity contribution is 5.75. The van der Waals surface area contributed by atoms with E-state index in [1.54, 1.807) is 13.0 Å². The minimum Gasteiger partial charge on any atom is -0.420 e. The maximum Gasteiger partial charge on any atom is 0.311 e. The highest BCUT2D eigenvalue weighted by Gasteiger charge is 2.23. The van der Waals surface area contributed by atoms with Gasteiger partial charge >= 0.3 is 5.97 Å². The molecule has 116 valence electrons. The van der Waals surface area contributed by atoms with Gasteiger partial charge in [-0.3, -0.25) is 4.79 Å². The zero-order valence-corrected chi connectivity index (χ0v) is 12.5. The van der Waals surface area contributed by atoms with Crippen molar-refractivity contribution in [3.63, 3.8) is 0 Å². The number of halogens is 3. The van der Waals surface area contributed by atoms with E-state index < -0.39 is 29.2 Å². The molecule has 0 saturated carbocycles. The maximum atomic E-state index is 14.6. The summed E-state index contributed by atoms with van der Waals surface area (Å²) in [6, 6.07) is 5.52. The number of rotatable bonds is 3. The molecular formula is C17H15F3O2. The zero-order chi connectivity index (χ0) is 16.4. The molecule has 5 heteroatoms. The monoisotopic (exact) mass is 308 g/mol. The number of hydrogen-bond donors (Lipinski definition) is 0. The lowest BCUT2D eigenvalue weighted by Crippen LogP contribution is -2.10. The van der Waals surface area contributed by atoms with Crippen molar-refractivity contribution in [1.82, 2.24) is 0 Å². The lowest BCUT2D eigenvalue weighted by molar-refractivity contribution is -0.134. The Labute approximate surface area is 126 Å². The minimum absolute atomic E-state index is 0.0249. The number of benzene rings is 2. The highest BCUT2D eigenvalue weighted by Crippen LogP contribution is 2.36. The van der Waals surface area contributed by atoms with Gasteiger partial charge in [-0.1, -0.05) is 19.1 Å². The fourth-order valence-electron chi connectivity index (χ4n) is 2.17. The van der Waals surface area contributed by atoms with Gasteiger partial charge in [0.2, 0.25) is 5.75 Å². The molecule has 0 heterocycles. The summed E-state index contributed by atoms with van der Waals surface area (Å²) in [4.78, 5) is 11.3. The van der Waals surface area contributed by atoms with Crippen molar-refractivity contribution in [3.05, 3.63) is 52.8 Å². The number of carbonyl (C=O) groups is 1. The molecule has 0 aliphatic rings. The van der Waals surface area contributed by atoms with Gasteiger partial charge in [-0.2, -0.15) is 0 Å². The third kappa shape index (κ3) is 2.84. The van der Waals surface area contributed by atoms with Crippen molar-refractivity contribution < 1.29 is 22.7 Å². The normalized spacial score (nSPS) is 10.6. The van der Waals surface area contributed by atoms with Crippen LogP contribution in [0.1, 0.15) is 24.5 Å². The third-order valence-corrected chi connectivity index (χ3v) is 3.34. The molecule has 0 atom stereocenters. The van der Waals surface area contributed by atoms with E-state index >= 15 is 0 Å². The second-order valence-electron chi connectivity index (χ2n) is 4.96. The Morgan fingerprint density at radius 1 is 1.09 bits per heavy atom. The van der Waals surface area contributed by atoms with Crippen LogP contribution in [0.25, 0.3) is 11.1 Å². The molecule has 0 aromatic heterocycles. The fraction of sp³-hybridized carbons (Fsp3) is 0.235. The predicted molar refractivity (Wildman–Crippen MR) is 77.2 cm³/mol. The summed E-state index contributed by atoms with van der Waals surface area (Å²) < 4.78 is 47.4. The summed E-state index contributed by atoms with van der Waals surface area (Å²) in [5.41, 5.74) is 0.459. The van der Waals surface area contributed by atoms with Crippen molar-refractivity contribution >= 4 is 5.97 Å². The first kappa shape index (κ1) is 16.1. The van der Waals surface area contributed by atoms with Crippen LogP contribution in [0.3, 0.4) is 0 Å². The Balaban J connectivity index is 2.71. The summed E-state index contributed by atoms with van der Waals surface area (Å²) in [5, 5.41) is 0. The van der Waals surface area contributed by atoms with E-state index in [1.165, 1.54) is 32.0 Å². The first-order valence-electron chi connectivity index (χ1n) is 6.81. The average molecular weight is 308 g/mol. The minimum atomic E-state index is -1.09. The van der Waals surface area contributed by atoms with E-state index in [2.05, 4.69) is 0 Å². The first-order chi connectivity index (χ1) is 10.4. The van der Waals surface area contributed by atoms with Gasteiger partial charge in [0, 0.05) is 17.5 Å². The molecule has 0 aliphatic heterocycles. The summed E-state index contributed by atoms with van der Waals surface area (Å²) >= 11 is 0. The van der Waals surface area contributed by atoms with E-state index in [4.69, 9.17) is 4.74 Å². The van der Waals surface area contributed by atoms with Gasteiger partial charge in [-0.25, -0.2) is 13.2 Å². The first-order valence-corrected chi connectivity index (χ1v) is 6.81. The van der Waals surface area contributed by atoms with Gasteiger partial charge in [0.1, 0.15) is 5.82 Å². The molecule has 2 rings (SSSR count). The van der Waals surface area contributed by atoms with E-state index in [9.17, 15) is 18.0 Å². The predicted octanol–water partition coefficient (Wildman–Crippen LogP) is 4.70. The van der Waals surface area contributed by atoms with Crippen molar-refractivity contribution in [2.45, 2.75) is 27.2 Å². The Kier molecular flexibility index (Phi) is 4.54. The zero-order valence-electron chi connectivity index (χ0n) is 12.5. The molecule has 0 spiro atoms. The van der Waals surface area contributed by atoms with Crippen LogP contribution in [0.4, 0.5) is 13.2 Å². The molecule has 0 aliphatic carbocycles. The molecule has 0 amide bonds. The molecule has 0 radical (unpaired) electrons. The van der Waals surface area contributed by atoms with Gasteiger partial charge < -0.3 is 4.74 Å². The van der Waals surface area contributed by atoms with Gasteiger partial charge in [0.25, 0.3) is 0 Å². The summed E-state index contributed by atoms with van der Waals surface area (Å²) in [7, 11) is 0. The lowest BCUT2D eigenvalue weighted by Gasteiger charge is -2.14. The van der Waals surface area contributed by atoms with Crippen LogP contribution in [0.15, 0.2) is 24.3 Å². The van der Waals surface area contributed by atoms with Crippen LogP contribution in [-0.4, -0.2) is 5.97 Å². The smallest absolute Gasteiger partial charge is 0.311 e. The largest absolute Gasteiger partial charge is 0.420 e. The van der Waals surface area contributed by atoms with Crippen LogP contribution in [0.2, 0.25) is 0 Å². The van der Waals surface area contributed by atoms with Gasteiger partial charge in [-0.05, 0) is 37.1 Å². The van der Waals surface area contributed by atoms with Crippen LogP contribution >= 0.6 is 0 Å². The number of hydrogen-bond acceptors (Lipinski definition) is 2. The van der Waals surface area contributed by atoms with E-state index in [1.807, 2.05) is 0 Å². The number of carbonyl (C=O) groups excluding carboxylic acids is 1. The summed E-state index contributed by atoms with van der Waals surface area (Å²) in [5.74, 6) is -4.23. The van der Waals surface area contributed by atoms with Crippen LogP contribution in [0.5, 0.6) is 5.75 Å². The van der Waals surface area contributed by atoms with Gasteiger partial charge in [-0.15, -0.1) is 0 Å². The molecule has 0 bridgehead atoms. The quantitative estimate of drug-likeness (QED) is 0.606. The van der Waals surface area contributed by atoms with Crippen molar-refractivity contribution in [1.29, 1.82) is 0 Å². The Hall–Kier alpha value is -2.30. The van der Waals surface area contributed by atoms with Crippen LogP contribution in [-0.2, 0) is 4.79 Å². The Bertz CT molecular complexity index is 719. The molecule has 0 fully saturated rings. The fourth-order valence-corrected chi connectivity index (χ4v) is 2.17. The Morgan fingerprint density at radius 3 is 2.36 bits per heavy atom. The molecule has 2 nitrogen and oxygen atoms in total. The van der Waals surface area contributed by atoms with Crippen LogP contribution < -0.4 is 4.74 Å². The number of esters is 1. The molecule has 0 N–H and O–H groups in total. The highest BCUT2D eigenvalue weighted by atomic mass is 19.1.